The van der Waals surface area contributed by atoms with Crippen molar-refractivity contribution in [2.24, 2.45) is 11.5 Å². The molecule has 0 saturated carbocycles. The van der Waals surface area contributed by atoms with Crippen molar-refractivity contribution in [3.8, 4) is 0 Å². The predicted octanol–water partition coefficient (Wildman–Crippen LogP) is 5.29. The van der Waals surface area contributed by atoms with Gasteiger partial charge in [-0.2, -0.15) is 8.42 Å². The van der Waals surface area contributed by atoms with Gasteiger partial charge >= 0.3 is 10.4 Å². The maximum atomic E-state index is 8.74. The Balaban J connectivity index is -0.000000380. The maximum absolute atomic E-state index is 8.74. The standard InChI is InChI=1S/2C9H20N2S.H2O4S/c2*1-2-3-4-5-6-7-8-12-9(10)11;1-5(2,3)4/h2*2-8H2,1H3,(H3,10,11);(H2,1,2,3,4). The van der Waals surface area contributed by atoms with E-state index in [1.807, 2.05) is 0 Å². The van der Waals surface area contributed by atoms with Gasteiger partial charge in [0.25, 0.3) is 0 Å². The van der Waals surface area contributed by atoms with Gasteiger partial charge in [-0.25, -0.2) is 0 Å². The first-order valence-electron chi connectivity index (χ1n) is 10.2. The molecule has 0 radical (unpaired) electrons. The van der Waals surface area contributed by atoms with Crippen molar-refractivity contribution in [2.45, 2.75) is 90.9 Å². The van der Waals surface area contributed by atoms with Crippen molar-refractivity contribution in [2.75, 3.05) is 11.5 Å². The van der Waals surface area contributed by atoms with Gasteiger partial charge in [0.1, 0.15) is 0 Å². The van der Waals surface area contributed by atoms with Crippen molar-refractivity contribution < 1.29 is 17.5 Å². The molecular weight excluding hydrogens is 432 g/mol. The van der Waals surface area contributed by atoms with Crippen LogP contribution in [0.25, 0.3) is 0 Å². The molecule has 0 aromatic heterocycles. The minimum absolute atomic E-state index is 0.253. The van der Waals surface area contributed by atoms with Crippen LogP contribution in [0.4, 0.5) is 0 Å². The van der Waals surface area contributed by atoms with Crippen LogP contribution in [0.1, 0.15) is 90.9 Å². The van der Waals surface area contributed by atoms with Gasteiger partial charge < -0.3 is 11.5 Å². The summed E-state index contributed by atoms with van der Waals surface area (Å²) in [4.78, 5) is 0. The molecular formula is C18H42N4O4S3. The number of amidine groups is 2. The number of hydrogen-bond acceptors (Lipinski definition) is 6. The quantitative estimate of drug-likeness (QED) is 0.0851. The van der Waals surface area contributed by atoms with E-state index in [1.54, 1.807) is 0 Å². The topological polar surface area (TPSA) is 174 Å². The summed E-state index contributed by atoms with van der Waals surface area (Å²) in [6.45, 7) is 4.46. The van der Waals surface area contributed by atoms with Crippen LogP contribution in [-0.2, 0) is 10.4 Å². The molecule has 0 unspecified atom stereocenters. The van der Waals surface area contributed by atoms with Crippen molar-refractivity contribution in [3.63, 3.8) is 0 Å². The lowest BCUT2D eigenvalue weighted by atomic mass is 10.1. The molecule has 0 amide bonds. The number of hydrogen-bond donors (Lipinski definition) is 6. The van der Waals surface area contributed by atoms with Crippen LogP contribution >= 0.6 is 23.5 Å². The van der Waals surface area contributed by atoms with Crippen LogP contribution in [0.5, 0.6) is 0 Å². The van der Waals surface area contributed by atoms with Gasteiger partial charge in [-0.15, -0.1) is 0 Å². The van der Waals surface area contributed by atoms with Gasteiger partial charge in [-0.05, 0) is 12.8 Å². The van der Waals surface area contributed by atoms with Crippen molar-refractivity contribution >= 4 is 44.3 Å². The van der Waals surface area contributed by atoms with E-state index >= 15 is 0 Å². The number of nitrogens with one attached hydrogen (secondary N) is 2. The molecule has 0 aliphatic rings. The van der Waals surface area contributed by atoms with Gasteiger partial charge in [0.05, 0.1) is 0 Å². The minimum Gasteiger partial charge on any atom is -0.379 e. The lowest BCUT2D eigenvalue weighted by Crippen LogP contribution is -2.04. The third-order valence-electron chi connectivity index (χ3n) is 3.51. The van der Waals surface area contributed by atoms with E-state index in [4.69, 9.17) is 39.8 Å². The highest BCUT2D eigenvalue weighted by molar-refractivity contribution is 8.13. The summed E-state index contributed by atoms with van der Waals surface area (Å²) in [5.41, 5.74) is 10.4. The smallest absolute Gasteiger partial charge is 0.379 e. The maximum Gasteiger partial charge on any atom is 0.394 e. The number of rotatable bonds is 14. The Bertz CT molecular complexity index is 442. The molecule has 0 atom stereocenters. The van der Waals surface area contributed by atoms with Crippen LogP contribution < -0.4 is 11.5 Å². The highest BCUT2D eigenvalue weighted by Gasteiger charge is 1.93. The second kappa shape index (κ2) is 25.5. The third kappa shape index (κ3) is 58.4. The highest BCUT2D eigenvalue weighted by Crippen LogP contribution is 2.09. The van der Waals surface area contributed by atoms with Crippen LogP contribution in [-0.4, -0.2) is 39.4 Å². The van der Waals surface area contributed by atoms with Gasteiger partial charge in [-0.3, -0.25) is 19.9 Å². The fraction of sp³-hybridized carbons (Fsp3) is 0.889. The average molecular weight is 475 g/mol. The molecule has 0 bridgehead atoms. The van der Waals surface area contributed by atoms with Crippen LogP contribution in [0, 0.1) is 10.8 Å². The van der Waals surface area contributed by atoms with E-state index in [0.29, 0.717) is 0 Å². The molecule has 8 nitrogen and oxygen atoms in total. The molecule has 0 heterocycles. The minimum atomic E-state index is -4.67. The summed E-state index contributed by atoms with van der Waals surface area (Å²) in [6.07, 6.45) is 15.7. The zero-order chi connectivity index (χ0) is 23.0. The van der Waals surface area contributed by atoms with Crippen LogP contribution in [0.3, 0.4) is 0 Å². The number of unbranched alkanes of at least 4 members (excludes halogenated alkanes) is 10. The second-order valence-electron chi connectivity index (χ2n) is 6.41. The van der Waals surface area contributed by atoms with Crippen molar-refractivity contribution in [1.82, 2.24) is 0 Å². The Morgan fingerprint density at radius 3 is 1.17 bits per heavy atom. The highest BCUT2D eigenvalue weighted by atomic mass is 32.3. The molecule has 0 aliphatic heterocycles. The van der Waals surface area contributed by atoms with E-state index in [-0.39, 0.29) is 10.3 Å². The van der Waals surface area contributed by atoms with E-state index < -0.39 is 10.4 Å². The van der Waals surface area contributed by atoms with Crippen molar-refractivity contribution in [3.05, 3.63) is 0 Å². The summed E-state index contributed by atoms with van der Waals surface area (Å²) in [5, 5.41) is 14.5. The second-order valence-corrected chi connectivity index (χ2v) is 9.58. The average Bonchev–Trinajstić information content (AvgIpc) is 2.59. The molecule has 0 saturated heterocycles. The van der Waals surface area contributed by atoms with Crippen molar-refractivity contribution in [1.29, 1.82) is 10.8 Å². The third-order valence-corrected chi connectivity index (χ3v) is 5.12. The zero-order valence-corrected chi connectivity index (χ0v) is 20.4. The first kappa shape index (κ1) is 33.2. The van der Waals surface area contributed by atoms with E-state index in [2.05, 4.69) is 13.8 Å². The molecule has 8 N–H and O–H groups in total. The van der Waals surface area contributed by atoms with Gasteiger partial charge in [-0.1, -0.05) is 102 Å². The Kier molecular flexibility index (Phi) is 29.2. The molecule has 0 aliphatic carbocycles. The number of nitrogens with two attached hydrogens (primary N) is 2. The predicted molar refractivity (Wildman–Crippen MR) is 130 cm³/mol. The Labute approximate surface area is 186 Å². The molecule has 11 heteroatoms. The Morgan fingerprint density at radius 2 is 0.931 bits per heavy atom. The summed E-state index contributed by atoms with van der Waals surface area (Å²) < 4.78 is 31.6. The molecule has 0 spiro atoms. The molecule has 0 aromatic rings. The SMILES string of the molecule is CCCCCCCCSC(=N)N.CCCCCCCCSC(=N)N.O=S(=O)(O)O. The van der Waals surface area contributed by atoms with Gasteiger partial charge in [0.15, 0.2) is 10.3 Å². The van der Waals surface area contributed by atoms with Gasteiger partial charge in [0.2, 0.25) is 0 Å². The van der Waals surface area contributed by atoms with Gasteiger partial charge in [0, 0.05) is 11.5 Å². The molecule has 176 valence electrons. The first-order chi connectivity index (χ1) is 13.5. The summed E-state index contributed by atoms with van der Waals surface area (Å²) in [6, 6.07) is 0. The zero-order valence-electron chi connectivity index (χ0n) is 18.0. The molecule has 0 rings (SSSR count). The molecule has 29 heavy (non-hydrogen) atoms. The number of thioether (sulfide) groups is 2. The van der Waals surface area contributed by atoms with Crippen LogP contribution in [0.2, 0.25) is 0 Å². The summed E-state index contributed by atoms with van der Waals surface area (Å²) in [5.74, 6) is 2.03. The largest absolute Gasteiger partial charge is 0.394 e. The Hall–Kier alpha value is -0.490. The lowest BCUT2D eigenvalue weighted by Gasteiger charge is -1.99. The van der Waals surface area contributed by atoms with E-state index in [1.165, 1.54) is 101 Å². The Morgan fingerprint density at radius 1 is 0.690 bits per heavy atom. The molecule has 0 fully saturated rings. The first-order valence-corrected chi connectivity index (χ1v) is 13.5. The summed E-state index contributed by atoms with van der Waals surface area (Å²) >= 11 is 2.91. The molecule has 0 aromatic carbocycles. The fourth-order valence-electron chi connectivity index (χ4n) is 2.13. The van der Waals surface area contributed by atoms with E-state index in [0.717, 1.165) is 11.5 Å². The van der Waals surface area contributed by atoms with E-state index in [9.17, 15) is 0 Å². The lowest BCUT2D eigenvalue weighted by molar-refractivity contribution is 0.381. The van der Waals surface area contributed by atoms with Crippen LogP contribution in [0.15, 0.2) is 0 Å². The fourth-order valence-corrected chi connectivity index (χ4v) is 3.27. The monoisotopic (exact) mass is 474 g/mol. The normalized spacial score (nSPS) is 10.3. The summed E-state index contributed by atoms with van der Waals surface area (Å²) in [7, 11) is -4.67.